The molecule has 8 nitrogen and oxygen atoms in total. The van der Waals surface area contributed by atoms with Crippen molar-refractivity contribution in [2.45, 2.75) is 44.9 Å². The molecule has 0 saturated carbocycles. The van der Waals surface area contributed by atoms with Crippen molar-refractivity contribution in [3.63, 3.8) is 0 Å². The van der Waals surface area contributed by atoms with Gasteiger partial charge >= 0.3 is 0 Å². The average Bonchev–Trinajstić information content (AvgIpc) is 3.13. The molecule has 0 aliphatic carbocycles. The van der Waals surface area contributed by atoms with Gasteiger partial charge in [-0.3, -0.25) is 10.1 Å². The Labute approximate surface area is 167 Å². The van der Waals surface area contributed by atoms with Gasteiger partial charge in [0.25, 0.3) is 0 Å². The van der Waals surface area contributed by atoms with E-state index in [2.05, 4.69) is 41.4 Å². The van der Waals surface area contributed by atoms with Crippen molar-refractivity contribution in [3.05, 3.63) is 24.5 Å². The number of methoxy groups -OCH3 is 1. The fraction of sp³-hybridized carbons (Fsp3) is 0.650. The van der Waals surface area contributed by atoms with Gasteiger partial charge < -0.3 is 20.3 Å². The highest BCUT2D eigenvalue weighted by molar-refractivity contribution is 5.87. The van der Waals surface area contributed by atoms with E-state index >= 15 is 0 Å². The van der Waals surface area contributed by atoms with Gasteiger partial charge in [0.2, 0.25) is 5.91 Å². The van der Waals surface area contributed by atoms with Crippen LogP contribution in [-0.4, -0.2) is 66.3 Å². The van der Waals surface area contributed by atoms with Crippen molar-refractivity contribution in [3.8, 4) is 0 Å². The molecule has 0 radical (unpaired) electrons. The third-order valence-corrected chi connectivity index (χ3v) is 5.43. The van der Waals surface area contributed by atoms with Gasteiger partial charge in [-0.1, -0.05) is 6.58 Å². The van der Waals surface area contributed by atoms with Crippen molar-refractivity contribution in [2.75, 3.05) is 43.9 Å². The molecule has 1 amide bonds. The van der Waals surface area contributed by atoms with E-state index < -0.39 is 0 Å². The third-order valence-electron chi connectivity index (χ3n) is 5.43. The highest BCUT2D eigenvalue weighted by Gasteiger charge is 2.33. The molecule has 0 bridgehead atoms. The van der Waals surface area contributed by atoms with Crippen LogP contribution in [0.25, 0.3) is 0 Å². The van der Waals surface area contributed by atoms with Crippen LogP contribution in [0, 0.1) is 5.92 Å². The molecule has 2 aliphatic heterocycles. The van der Waals surface area contributed by atoms with Gasteiger partial charge in [0.1, 0.15) is 17.9 Å². The molecule has 0 aromatic carbocycles. The molecule has 8 heteroatoms. The summed E-state index contributed by atoms with van der Waals surface area (Å²) in [6.07, 6.45) is 5.04. The van der Waals surface area contributed by atoms with Crippen LogP contribution in [0.3, 0.4) is 0 Å². The van der Waals surface area contributed by atoms with Gasteiger partial charge in [-0.05, 0) is 38.7 Å². The molecule has 1 saturated heterocycles. The Morgan fingerprint density at radius 1 is 1.46 bits per heavy atom. The van der Waals surface area contributed by atoms with E-state index in [1.807, 2.05) is 4.90 Å². The van der Waals surface area contributed by atoms with Gasteiger partial charge in [0.05, 0.1) is 17.8 Å². The topological polar surface area (TPSA) is 91.4 Å². The summed E-state index contributed by atoms with van der Waals surface area (Å²) in [4.78, 5) is 22.9. The lowest BCUT2D eigenvalue weighted by Gasteiger charge is -2.31. The van der Waals surface area contributed by atoms with E-state index in [1.54, 1.807) is 13.3 Å². The SMILES string of the molecule is C=CC(=O)N1CCC(CNc2cnc3c(n2)C(C(NC(C)C)OC)CN3)CC1. The number of carbonyl (C=O) groups excluding carboxylic acids is 1. The molecule has 1 fully saturated rings. The van der Waals surface area contributed by atoms with E-state index in [0.29, 0.717) is 12.0 Å². The number of amides is 1. The number of rotatable bonds is 8. The minimum atomic E-state index is -0.106. The van der Waals surface area contributed by atoms with E-state index in [-0.39, 0.29) is 18.1 Å². The summed E-state index contributed by atoms with van der Waals surface area (Å²) < 4.78 is 5.66. The van der Waals surface area contributed by atoms with Crippen LogP contribution in [0.4, 0.5) is 11.6 Å². The summed E-state index contributed by atoms with van der Waals surface area (Å²) in [5, 5.41) is 10.2. The summed E-state index contributed by atoms with van der Waals surface area (Å²) in [7, 11) is 1.72. The summed E-state index contributed by atoms with van der Waals surface area (Å²) in [5.74, 6) is 2.28. The second kappa shape index (κ2) is 9.34. The predicted molar refractivity (Wildman–Crippen MR) is 110 cm³/mol. The molecule has 1 aromatic heterocycles. The average molecular weight is 389 g/mol. The smallest absolute Gasteiger partial charge is 0.245 e. The third kappa shape index (κ3) is 4.80. The standard InChI is InChI=1S/C20H32N6O2/c1-5-17(27)26-8-6-14(7-9-26)10-21-16-12-23-19-18(25-16)15(11-22-19)20(28-4)24-13(2)3/h5,12-15,20,24H,1,6-11H2,2-4H3,(H,21,25)(H,22,23). The molecule has 3 rings (SSSR count). The number of nitrogens with one attached hydrogen (secondary N) is 3. The van der Waals surface area contributed by atoms with E-state index in [1.165, 1.54) is 6.08 Å². The van der Waals surface area contributed by atoms with Crippen LogP contribution in [0.5, 0.6) is 0 Å². The molecule has 154 valence electrons. The van der Waals surface area contributed by atoms with Crippen LogP contribution in [0.2, 0.25) is 0 Å². The van der Waals surface area contributed by atoms with Gasteiger partial charge in [-0.15, -0.1) is 0 Å². The van der Waals surface area contributed by atoms with Crippen molar-refractivity contribution < 1.29 is 9.53 Å². The number of anilines is 2. The maximum absolute atomic E-state index is 11.7. The number of fused-ring (bicyclic) bond motifs is 1. The molecule has 2 aliphatic rings. The van der Waals surface area contributed by atoms with Gasteiger partial charge in [0.15, 0.2) is 0 Å². The number of likely N-dealkylation sites (tertiary alicyclic amines) is 1. The highest BCUT2D eigenvalue weighted by Crippen LogP contribution is 2.32. The number of aromatic nitrogens is 2. The number of carbonyl (C=O) groups is 1. The van der Waals surface area contributed by atoms with Gasteiger partial charge in [0, 0.05) is 39.3 Å². The lowest BCUT2D eigenvalue weighted by atomic mass is 9.97. The molecule has 3 heterocycles. The van der Waals surface area contributed by atoms with E-state index in [4.69, 9.17) is 9.72 Å². The first kappa shape index (κ1) is 20.5. The Hall–Kier alpha value is -2.19. The van der Waals surface area contributed by atoms with Crippen LogP contribution >= 0.6 is 0 Å². The number of hydrogen-bond donors (Lipinski definition) is 3. The Morgan fingerprint density at radius 2 is 2.21 bits per heavy atom. The fourth-order valence-electron chi connectivity index (χ4n) is 3.85. The Bertz CT molecular complexity index is 687. The molecule has 0 spiro atoms. The lowest BCUT2D eigenvalue weighted by Crippen LogP contribution is -2.41. The predicted octanol–water partition coefficient (Wildman–Crippen LogP) is 1.79. The fourth-order valence-corrected chi connectivity index (χ4v) is 3.85. The van der Waals surface area contributed by atoms with Crippen molar-refractivity contribution in [1.82, 2.24) is 20.2 Å². The van der Waals surface area contributed by atoms with Crippen molar-refractivity contribution in [1.29, 1.82) is 0 Å². The number of piperidine rings is 1. The first-order chi connectivity index (χ1) is 13.5. The summed E-state index contributed by atoms with van der Waals surface area (Å²) in [5.41, 5.74) is 0.941. The molecule has 1 aromatic rings. The Kier molecular flexibility index (Phi) is 6.85. The zero-order valence-electron chi connectivity index (χ0n) is 17.1. The Balaban J connectivity index is 1.58. The monoisotopic (exact) mass is 388 g/mol. The van der Waals surface area contributed by atoms with Gasteiger partial charge in [-0.25, -0.2) is 9.97 Å². The van der Waals surface area contributed by atoms with Crippen LogP contribution in [0.1, 0.15) is 38.3 Å². The van der Waals surface area contributed by atoms with Crippen LogP contribution < -0.4 is 16.0 Å². The summed E-state index contributed by atoms with van der Waals surface area (Å²) >= 11 is 0. The second-order valence-corrected chi connectivity index (χ2v) is 7.81. The number of nitrogens with zero attached hydrogens (tertiary/aromatic N) is 3. The zero-order chi connectivity index (χ0) is 20.1. The van der Waals surface area contributed by atoms with Crippen molar-refractivity contribution in [2.24, 2.45) is 5.92 Å². The highest BCUT2D eigenvalue weighted by atomic mass is 16.5. The van der Waals surface area contributed by atoms with Gasteiger partial charge in [-0.2, -0.15) is 0 Å². The Morgan fingerprint density at radius 3 is 2.86 bits per heavy atom. The minimum Gasteiger partial charge on any atom is -0.369 e. The summed E-state index contributed by atoms with van der Waals surface area (Å²) in [6, 6.07) is 0.321. The minimum absolute atomic E-state index is 0.0251. The quantitative estimate of drug-likeness (QED) is 0.462. The summed E-state index contributed by atoms with van der Waals surface area (Å²) in [6.45, 7) is 10.9. The molecule has 2 unspecified atom stereocenters. The molecule has 2 atom stereocenters. The van der Waals surface area contributed by atoms with Crippen LogP contribution in [0.15, 0.2) is 18.9 Å². The second-order valence-electron chi connectivity index (χ2n) is 7.81. The van der Waals surface area contributed by atoms with E-state index in [9.17, 15) is 4.79 Å². The number of hydrogen-bond acceptors (Lipinski definition) is 7. The van der Waals surface area contributed by atoms with Crippen molar-refractivity contribution >= 4 is 17.5 Å². The molecule has 28 heavy (non-hydrogen) atoms. The van der Waals surface area contributed by atoms with Crippen LogP contribution in [-0.2, 0) is 9.53 Å². The first-order valence-electron chi connectivity index (χ1n) is 10.1. The molecule has 3 N–H and O–H groups in total. The molecular formula is C20H32N6O2. The normalized spacial score (nSPS) is 20.6. The zero-order valence-corrected chi connectivity index (χ0v) is 17.1. The largest absolute Gasteiger partial charge is 0.369 e. The number of ether oxygens (including phenoxy) is 1. The van der Waals surface area contributed by atoms with E-state index in [0.717, 1.165) is 56.4 Å². The maximum Gasteiger partial charge on any atom is 0.245 e. The first-order valence-corrected chi connectivity index (χ1v) is 10.1. The maximum atomic E-state index is 11.7. The lowest BCUT2D eigenvalue weighted by molar-refractivity contribution is -0.127. The molecular weight excluding hydrogens is 356 g/mol.